The molecule has 0 aliphatic carbocycles. The minimum Gasteiger partial charge on any atom is -0.403 e. The standard InChI is InChI=1S/C7H2Br2F3IO/c8-3-1-2-4(13)5(9)6(3)14-7(10,11)12/h1-2H. The zero-order valence-corrected chi connectivity index (χ0v) is 11.7. The van der Waals surface area contributed by atoms with Gasteiger partial charge in [-0.2, -0.15) is 0 Å². The third-order valence-corrected chi connectivity index (χ3v) is 4.27. The molecule has 1 aromatic carbocycles. The second kappa shape index (κ2) is 4.56. The molecule has 1 aromatic rings. The molecule has 1 rings (SSSR count). The number of rotatable bonds is 1. The summed E-state index contributed by atoms with van der Waals surface area (Å²) in [5.74, 6) is -0.260. The molecule has 0 aliphatic heterocycles. The number of halogens is 6. The van der Waals surface area contributed by atoms with Crippen LogP contribution in [0.4, 0.5) is 13.2 Å². The van der Waals surface area contributed by atoms with Crippen LogP contribution < -0.4 is 4.74 Å². The number of ether oxygens (including phenoxy) is 1. The van der Waals surface area contributed by atoms with Gasteiger partial charge in [-0.05, 0) is 66.6 Å². The Balaban J connectivity index is 3.13. The molecule has 0 bridgehead atoms. The van der Waals surface area contributed by atoms with E-state index in [1.54, 1.807) is 6.07 Å². The van der Waals surface area contributed by atoms with Gasteiger partial charge in [-0.1, -0.05) is 0 Å². The Hall–Kier alpha value is 0.500. The van der Waals surface area contributed by atoms with E-state index in [9.17, 15) is 13.2 Å². The van der Waals surface area contributed by atoms with Crippen LogP contribution >= 0.6 is 54.5 Å². The molecule has 0 N–H and O–H groups in total. The van der Waals surface area contributed by atoms with Gasteiger partial charge in [-0.15, -0.1) is 13.2 Å². The van der Waals surface area contributed by atoms with Crippen LogP contribution in [0.1, 0.15) is 0 Å². The second-order valence-electron chi connectivity index (χ2n) is 2.22. The molecule has 1 nitrogen and oxygen atoms in total. The normalized spacial score (nSPS) is 11.6. The van der Waals surface area contributed by atoms with Crippen LogP contribution in [0.2, 0.25) is 0 Å². The van der Waals surface area contributed by atoms with Gasteiger partial charge < -0.3 is 4.74 Å². The third-order valence-electron chi connectivity index (χ3n) is 1.22. The highest BCUT2D eigenvalue weighted by atomic mass is 127. The highest BCUT2D eigenvalue weighted by molar-refractivity contribution is 14.1. The Labute approximate surface area is 108 Å². The van der Waals surface area contributed by atoms with Crippen LogP contribution in [0.5, 0.6) is 5.75 Å². The lowest BCUT2D eigenvalue weighted by atomic mass is 10.3. The van der Waals surface area contributed by atoms with Crippen molar-refractivity contribution in [2.75, 3.05) is 0 Å². The van der Waals surface area contributed by atoms with Crippen molar-refractivity contribution in [3.05, 3.63) is 24.6 Å². The van der Waals surface area contributed by atoms with Crippen LogP contribution in [-0.2, 0) is 0 Å². The maximum absolute atomic E-state index is 12.0. The topological polar surface area (TPSA) is 9.23 Å². The number of hydrogen-bond donors (Lipinski definition) is 0. The fourth-order valence-electron chi connectivity index (χ4n) is 0.718. The van der Waals surface area contributed by atoms with Crippen molar-refractivity contribution >= 4 is 54.5 Å². The van der Waals surface area contributed by atoms with E-state index in [4.69, 9.17) is 0 Å². The Morgan fingerprint density at radius 2 is 1.79 bits per heavy atom. The minimum absolute atomic E-state index is 0.252. The van der Waals surface area contributed by atoms with Crippen molar-refractivity contribution in [1.82, 2.24) is 0 Å². The van der Waals surface area contributed by atoms with Gasteiger partial charge in [-0.25, -0.2) is 0 Å². The molecule has 0 saturated heterocycles. The Morgan fingerprint density at radius 1 is 1.21 bits per heavy atom. The first-order valence-corrected chi connectivity index (χ1v) is 5.87. The molecule has 0 saturated carbocycles. The van der Waals surface area contributed by atoms with Crippen molar-refractivity contribution in [2.45, 2.75) is 6.36 Å². The minimum atomic E-state index is -4.69. The van der Waals surface area contributed by atoms with Crippen molar-refractivity contribution in [1.29, 1.82) is 0 Å². The summed E-state index contributed by atoms with van der Waals surface area (Å²) in [5.41, 5.74) is 0. The molecule has 0 fully saturated rings. The van der Waals surface area contributed by atoms with Gasteiger partial charge in [0.05, 0.1) is 8.95 Å². The van der Waals surface area contributed by atoms with Crippen molar-refractivity contribution in [2.24, 2.45) is 0 Å². The first-order chi connectivity index (χ1) is 6.31. The summed E-state index contributed by atoms with van der Waals surface area (Å²) in [6, 6.07) is 3.16. The molecular weight excluding hydrogens is 444 g/mol. The fraction of sp³-hybridized carbons (Fsp3) is 0.143. The molecular formula is C7H2Br2F3IO. The summed E-state index contributed by atoms with van der Waals surface area (Å²) in [4.78, 5) is 0. The zero-order chi connectivity index (χ0) is 10.9. The number of alkyl halides is 3. The fourth-order valence-corrected chi connectivity index (χ4v) is 2.25. The lowest BCUT2D eigenvalue weighted by Gasteiger charge is -2.12. The van der Waals surface area contributed by atoms with E-state index in [2.05, 4.69) is 36.6 Å². The second-order valence-corrected chi connectivity index (χ2v) is 5.03. The Bertz CT molecular complexity index is 354. The van der Waals surface area contributed by atoms with Gasteiger partial charge in [0.1, 0.15) is 0 Å². The van der Waals surface area contributed by atoms with Crippen molar-refractivity contribution < 1.29 is 17.9 Å². The van der Waals surface area contributed by atoms with Crippen LogP contribution in [0, 0.1) is 3.57 Å². The SMILES string of the molecule is FC(F)(F)Oc1c(Br)ccc(I)c1Br. The first kappa shape index (κ1) is 12.6. The van der Waals surface area contributed by atoms with Crippen LogP contribution in [0.25, 0.3) is 0 Å². The summed E-state index contributed by atoms with van der Waals surface area (Å²) >= 11 is 7.90. The van der Waals surface area contributed by atoms with E-state index >= 15 is 0 Å². The monoisotopic (exact) mass is 444 g/mol. The summed E-state index contributed by atoms with van der Waals surface area (Å²) in [6.07, 6.45) is -4.69. The van der Waals surface area contributed by atoms with Gasteiger partial charge in [0, 0.05) is 3.57 Å². The molecule has 0 amide bonds. The molecule has 0 spiro atoms. The van der Waals surface area contributed by atoms with E-state index in [0.717, 1.165) is 0 Å². The van der Waals surface area contributed by atoms with E-state index in [1.165, 1.54) is 6.07 Å². The third kappa shape index (κ3) is 3.27. The zero-order valence-electron chi connectivity index (χ0n) is 6.33. The average Bonchev–Trinajstić information content (AvgIpc) is 2.04. The smallest absolute Gasteiger partial charge is 0.403 e. The van der Waals surface area contributed by atoms with Crippen LogP contribution in [-0.4, -0.2) is 6.36 Å². The van der Waals surface area contributed by atoms with E-state index in [-0.39, 0.29) is 14.7 Å². The maximum Gasteiger partial charge on any atom is 0.573 e. The highest BCUT2D eigenvalue weighted by Gasteiger charge is 2.33. The van der Waals surface area contributed by atoms with Gasteiger partial charge >= 0.3 is 6.36 Å². The van der Waals surface area contributed by atoms with Crippen molar-refractivity contribution in [3.8, 4) is 5.75 Å². The molecule has 0 atom stereocenters. The molecule has 7 heteroatoms. The summed E-state index contributed by atoms with van der Waals surface area (Å²) in [7, 11) is 0. The summed E-state index contributed by atoms with van der Waals surface area (Å²) in [5, 5.41) is 0. The molecule has 0 aliphatic rings. The Morgan fingerprint density at radius 3 is 2.29 bits per heavy atom. The molecule has 14 heavy (non-hydrogen) atoms. The van der Waals surface area contributed by atoms with Crippen LogP contribution in [0.15, 0.2) is 21.1 Å². The van der Waals surface area contributed by atoms with Crippen LogP contribution in [0.3, 0.4) is 0 Å². The molecule has 0 radical (unpaired) electrons. The van der Waals surface area contributed by atoms with E-state index < -0.39 is 6.36 Å². The number of benzene rings is 1. The molecule has 78 valence electrons. The lowest BCUT2D eigenvalue weighted by molar-refractivity contribution is -0.275. The molecule has 0 heterocycles. The van der Waals surface area contributed by atoms with Gasteiger partial charge in [0.2, 0.25) is 0 Å². The maximum atomic E-state index is 12.0. The summed E-state index contributed by atoms with van der Waals surface area (Å²) < 4.78 is 40.9. The first-order valence-electron chi connectivity index (χ1n) is 3.20. The largest absolute Gasteiger partial charge is 0.573 e. The van der Waals surface area contributed by atoms with E-state index in [1.807, 2.05) is 22.6 Å². The number of hydrogen-bond acceptors (Lipinski definition) is 1. The molecule has 0 unspecified atom stereocenters. The predicted molar refractivity (Wildman–Crippen MR) is 61.2 cm³/mol. The van der Waals surface area contributed by atoms with Gasteiger partial charge in [0.25, 0.3) is 0 Å². The predicted octanol–water partition coefficient (Wildman–Crippen LogP) is 4.71. The average molecular weight is 446 g/mol. The van der Waals surface area contributed by atoms with Gasteiger partial charge in [0.15, 0.2) is 5.75 Å². The van der Waals surface area contributed by atoms with E-state index in [0.29, 0.717) is 3.57 Å². The molecule has 0 aromatic heterocycles. The highest BCUT2D eigenvalue weighted by Crippen LogP contribution is 2.39. The lowest BCUT2D eigenvalue weighted by Crippen LogP contribution is -2.17. The quantitative estimate of drug-likeness (QED) is 0.449. The van der Waals surface area contributed by atoms with Crippen molar-refractivity contribution in [3.63, 3.8) is 0 Å². The van der Waals surface area contributed by atoms with Gasteiger partial charge in [-0.3, -0.25) is 0 Å². The Kier molecular flexibility index (Phi) is 4.10. The summed E-state index contributed by atoms with van der Waals surface area (Å²) in [6.45, 7) is 0.